The molecule has 1 aliphatic heterocycles. The zero-order valence-electron chi connectivity index (χ0n) is 7.68. The number of aromatic nitrogens is 1. The van der Waals surface area contributed by atoms with E-state index in [1.807, 2.05) is 5.38 Å². The Morgan fingerprint density at radius 2 is 2.62 bits per heavy atom. The van der Waals surface area contributed by atoms with Gasteiger partial charge in [0.1, 0.15) is 6.10 Å². The maximum atomic E-state index is 9.94. The number of hydrogen-bond acceptors (Lipinski definition) is 4. The Balaban J connectivity index is 2.02. The van der Waals surface area contributed by atoms with Crippen LogP contribution in [0.2, 0.25) is 0 Å². The minimum Gasteiger partial charge on any atom is -0.386 e. The van der Waals surface area contributed by atoms with Gasteiger partial charge in [-0.05, 0) is 20.0 Å². The van der Waals surface area contributed by atoms with Gasteiger partial charge in [0, 0.05) is 17.8 Å². The van der Waals surface area contributed by atoms with E-state index in [9.17, 15) is 5.11 Å². The van der Waals surface area contributed by atoms with Gasteiger partial charge >= 0.3 is 0 Å². The molecule has 0 saturated carbocycles. The number of aliphatic hydroxyl groups excluding tert-OH is 1. The maximum Gasteiger partial charge on any atom is 0.101 e. The van der Waals surface area contributed by atoms with Crippen LogP contribution in [0.1, 0.15) is 18.2 Å². The lowest BCUT2D eigenvalue weighted by Crippen LogP contribution is -2.18. The van der Waals surface area contributed by atoms with Crippen molar-refractivity contribution in [2.45, 2.75) is 12.5 Å². The van der Waals surface area contributed by atoms with E-state index in [-0.39, 0.29) is 6.10 Å². The van der Waals surface area contributed by atoms with Crippen LogP contribution in [0.25, 0.3) is 0 Å². The third-order valence-electron chi connectivity index (χ3n) is 2.63. The van der Waals surface area contributed by atoms with Crippen LogP contribution in [0.4, 0.5) is 0 Å². The molecule has 3 nitrogen and oxygen atoms in total. The van der Waals surface area contributed by atoms with Crippen LogP contribution in [0.3, 0.4) is 0 Å². The Labute approximate surface area is 82.0 Å². The molecule has 0 aliphatic carbocycles. The van der Waals surface area contributed by atoms with E-state index in [1.54, 1.807) is 16.8 Å². The normalized spacial score (nSPS) is 26.5. The van der Waals surface area contributed by atoms with Gasteiger partial charge in [0.05, 0.1) is 11.2 Å². The Morgan fingerprint density at radius 1 is 1.77 bits per heavy atom. The van der Waals surface area contributed by atoms with Gasteiger partial charge in [-0.25, -0.2) is 4.98 Å². The number of likely N-dealkylation sites (tertiary alicyclic amines) is 1. The summed E-state index contributed by atoms with van der Waals surface area (Å²) < 4.78 is 0. The summed E-state index contributed by atoms with van der Waals surface area (Å²) in [5.74, 6) is 0.368. The summed E-state index contributed by atoms with van der Waals surface area (Å²) in [6.45, 7) is 2.07. The molecule has 1 saturated heterocycles. The Bertz CT molecular complexity index is 263. The minimum absolute atomic E-state index is 0.365. The van der Waals surface area contributed by atoms with Crippen molar-refractivity contribution in [2.75, 3.05) is 20.1 Å². The maximum absolute atomic E-state index is 9.94. The zero-order chi connectivity index (χ0) is 9.26. The molecule has 4 heteroatoms. The monoisotopic (exact) mass is 198 g/mol. The summed E-state index contributed by atoms with van der Waals surface area (Å²) in [7, 11) is 2.09. The van der Waals surface area contributed by atoms with Crippen LogP contribution in [0, 0.1) is 5.92 Å². The quantitative estimate of drug-likeness (QED) is 0.774. The largest absolute Gasteiger partial charge is 0.386 e. The minimum atomic E-state index is -0.365. The molecule has 2 rings (SSSR count). The van der Waals surface area contributed by atoms with Crippen molar-refractivity contribution < 1.29 is 5.11 Å². The standard InChI is InChI=1S/C9H14N2OS/c1-11-3-2-7(4-11)9(12)8-5-13-6-10-8/h5-7,9,12H,2-4H2,1H3. The lowest BCUT2D eigenvalue weighted by molar-refractivity contribution is 0.109. The first kappa shape index (κ1) is 9.12. The number of hydrogen-bond donors (Lipinski definition) is 1. The topological polar surface area (TPSA) is 36.4 Å². The molecule has 0 amide bonds. The number of nitrogens with zero attached hydrogens (tertiary/aromatic N) is 2. The molecular weight excluding hydrogens is 184 g/mol. The van der Waals surface area contributed by atoms with E-state index in [0.717, 1.165) is 25.2 Å². The van der Waals surface area contributed by atoms with Gasteiger partial charge in [-0.15, -0.1) is 11.3 Å². The summed E-state index contributed by atoms with van der Waals surface area (Å²) in [6, 6.07) is 0. The van der Waals surface area contributed by atoms with Crippen LogP contribution in [-0.4, -0.2) is 35.1 Å². The first-order valence-corrected chi connectivity index (χ1v) is 5.46. The van der Waals surface area contributed by atoms with E-state index in [1.165, 1.54) is 0 Å². The van der Waals surface area contributed by atoms with Crippen LogP contribution in [0.5, 0.6) is 0 Å². The van der Waals surface area contributed by atoms with Crippen LogP contribution >= 0.6 is 11.3 Å². The highest BCUT2D eigenvalue weighted by molar-refractivity contribution is 7.07. The van der Waals surface area contributed by atoms with E-state index < -0.39 is 0 Å². The predicted molar refractivity (Wildman–Crippen MR) is 52.7 cm³/mol. The highest BCUT2D eigenvalue weighted by Crippen LogP contribution is 2.28. The summed E-state index contributed by atoms with van der Waals surface area (Å²) in [6.07, 6.45) is 0.714. The fourth-order valence-electron chi connectivity index (χ4n) is 1.84. The Morgan fingerprint density at radius 3 is 3.15 bits per heavy atom. The van der Waals surface area contributed by atoms with Gasteiger partial charge in [0.25, 0.3) is 0 Å². The molecule has 2 unspecified atom stereocenters. The van der Waals surface area contributed by atoms with Gasteiger partial charge in [0.15, 0.2) is 0 Å². The molecule has 13 heavy (non-hydrogen) atoms. The van der Waals surface area contributed by atoms with Crippen molar-refractivity contribution >= 4 is 11.3 Å². The first-order valence-electron chi connectivity index (χ1n) is 4.52. The second kappa shape index (κ2) is 3.74. The van der Waals surface area contributed by atoms with Gasteiger partial charge in [-0.2, -0.15) is 0 Å². The van der Waals surface area contributed by atoms with Crippen molar-refractivity contribution in [3.63, 3.8) is 0 Å². The lowest BCUT2D eigenvalue weighted by Gasteiger charge is -2.15. The van der Waals surface area contributed by atoms with Gasteiger partial charge in [-0.1, -0.05) is 0 Å². The lowest BCUT2D eigenvalue weighted by atomic mass is 10.00. The van der Waals surface area contributed by atoms with Crippen molar-refractivity contribution in [3.05, 3.63) is 16.6 Å². The highest BCUT2D eigenvalue weighted by atomic mass is 32.1. The van der Waals surface area contributed by atoms with E-state index >= 15 is 0 Å². The van der Waals surface area contributed by atoms with Crippen LogP contribution in [-0.2, 0) is 0 Å². The van der Waals surface area contributed by atoms with E-state index in [2.05, 4.69) is 16.9 Å². The third-order valence-corrected chi connectivity index (χ3v) is 3.23. The molecule has 1 N–H and O–H groups in total. The molecule has 1 aromatic heterocycles. The molecule has 1 aliphatic rings. The van der Waals surface area contributed by atoms with E-state index in [4.69, 9.17) is 0 Å². The molecule has 2 heterocycles. The molecule has 0 radical (unpaired) electrons. The fraction of sp³-hybridized carbons (Fsp3) is 0.667. The number of rotatable bonds is 2. The van der Waals surface area contributed by atoms with Crippen LogP contribution in [0.15, 0.2) is 10.9 Å². The summed E-state index contributed by atoms with van der Waals surface area (Å²) >= 11 is 1.54. The number of thiazole rings is 1. The molecule has 1 aromatic rings. The fourth-order valence-corrected chi connectivity index (χ4v) is 2.42. The second-order valence-electron chi connectivity index (χ2n) is 3.67. The average molecular weight is 198 g/mol. The third kappa shape index (κ3) is 1.90. The predicted octanol–water partition coefficient (Wildman–Crippen LogP) is 1.13. The van der Waals surface area contributed by atoms with Gasteiger partial charge in [-0.3, -0.25) is 0 Å². The molecule has 72 valence electrons. The highest BCUT2D eigenvalue weighted by Gasteiger charge is 2.28. The molecule has 2 atom stereocenters. The summed E-state index contributed by atoms with van der Waals surface area (Å²) in [5.41, 5.74) is 2.61. The summed E-state index contributed by atoms with van der Waals surface area (Å²) in [5, 5.41) is 11.9. The summed E-state index contributed by atoms with van der Waals surface area (Å²) in [4.78, 5) is 6.39. The van der Waals surface area contributed by atoms with Crippen molar-refractivity contribution in [1.82, 2.24) is 9.88 Å². The molecule has 1 fully saturated rings. The van der Waals surface area contributed by atoms with Crippen LogP contribution < -0.4 is 0 Å². The number of aliphatic hydroxyl groups is 1. The van der Waals surface area contributed by atoms with Crippen molar-refractivity contribution in [1.29, 1.82) is 0 Å². The molecule has 0 bridgehead atoms. The Kier molecular flexibility index (Phi) is 2.62. The van der Waals surface area contributed by atoms with Gasteiger partial charge < -0.3 is 10.0 Å². The average Bonchev–Trinajstić information content (AvgIpc) is 2.72. The first-order chi connectivity index (χ1) is 6.27. The zero-order valence-corrected chi connectivity index (χ0v) is 8.50. The van der Waals surface area contributed by atoms with Crippen molar-refractivity contribution in [3.8, 4) is 0 Å². The molecular formula is C9H14N2OS. The smallest absolute Gasteiger partial charge is 0.101 e. The Hall–Kier alpha value is -0.450. The molecule has 0 aromatic carbocycles. The molecule has 0 spiro atoms. The van der Waals surface area contributed by atoms with E-state index in [0.29, 0.717) is 5.92 Å². The van der Waals surface area contributed by atoms with Crippen molar-refractivity contribution in [2.24, 2.45) is 5.92 Å². The van der Waals surface area contributed by atoms with Gasteiger partial charge in [0.2, 0.25) is 0 Å². The second-order valence-corrected chi connectivity index (χ2v) is 4.39. The SMILES string of the molecule is CN1CCC(C(O)c2cscn2)C1.